The average Bonchev–Trinajstić information content (AvgIpc) is 2.95. The number of carbonyl (C=O) groups is 1. The van der Waals surface area contributed by atoms with Gasteiger partial charge in [-0.05, 0) is 17.7 Å². The Bertz CT molecular complexity index is 853. The van der Waals surface area contributed by atoms with Crippen molar-refractivity contribution >= 4 is 11.8 Å². The summed E-state index contributed by atoms with van der Waals surface area (Å²) in [5.41, 5.74) is -0.120. The van der Waals surface area contributed by atoms with Gasteiger partial charge in [0.1, 0.15) is 17.5 Å². The molecule has 0 bridgehead atoms. The zero-order valence-electron chi connectivity index (χ0n) is 12.8. The lowest BCUT2D eigenvalue weighted by atomic mass is 9.88. The molecule has 1 aliphatic heterocycles. The lowest BCUT2D eigenvalue weighted by molar-refractivity contribution is -0.141. The third-order valence-electron chi connectivity index (χ3n) is 4.27. The molecule has 1 N–H and O–H groups in total. The van der Waals surface area contributed by atoms with Gasteiger partial charge in [0, 0.05) is 38.2 Å². The standard InChI is InChI=1S/C16H15F2N3O3/c1-20-15(22)5-4-14(19-20)21-7-11(12(8-21)16(23)24)10-3-2-9(17)6-13(10)18/h2-6,11-12H,7-8H2,1H3,(H,23,24)/t11-,12+/m0/s1. The van der Waals surface area contributed by atoms with Crippen LogP contribution in [0.25, 0.3) is 0 Å². The van der Waals surface area contributed by atoms with Crippen molar-refractivity contribution in [2.24, 2.45) is 13.0 Å². The van der Waals surface area contributed by atoms with E-state index < -0.39 is 29.4 Å². The Morgan fingerprint density at radius 2 is 2.00 bits per heavy atom. The Morgan fingerprint density at radius 3 is 2.62 bits per heavy atom. The molecule has 0 amide bonds. The molecule has 0 radical (unpaired) electrons. The summed E-state index contributed by atoms with van der Waals surface area (Å²) in [5.74, 6) is -3.59. The van der Waals surface area contributed by atoms with Crippen LogP contribution in [0.5, 0.6) is 0 Å². The molecule has 3 rings (SSSR count). The maximum Gasteiger partial charge on any atom is 0.308 e. The molecule has 2 atom stereocenters. The van der Waals surface area contributed by atoms with E-state index in [4.69, 9.17) is 0 Å². The summed E-state index contributed by atoms with van der Waals surface area (Å²) in [4.78, 5) is 24.7. The number of benzene rings is 1. The second-order valence-electron chi connectivity index (χ2n) is 5.78. The first-order valence-electron chi connectivity index (χ1n) is 7.34. The Balaban J connectivity index is 1.96. The molecule has 1 saturated heterocycles. The van der Waals surface area contributed by atoms with Gasteiger partial charge in [-0.1, -0.05) is 6.07 Å². The van der Waals surface area contributed by atoms with Crippen LogP contribution in [0.4, 0.5) is 14.6 Å². The molecule has 1 aromatic carbocycles. The zero-order valence-corrected chi connectivity index (χ0v) is 12.8. The van der Waals surface area contributed by atoms with Crippen LogP contribution in [0.15, 0.2) is 35.1 Å². The van der Waals surface area contributed by atoms with Gasteiger partial charge in [0.05, 0.1) is 5.92 Å². The minimum absolute atomic E-state index is 0.127. The SMILES string of the molecule is Cn1nc(N2C[C@@H](C(=O)O)[C@H](c3ccc(F)cc3F)C2)ccc1=O. The Hall–Kier alpha value is -2.77. The Labute approximate surface area is 135 Å². The fraction of sp³-hybridized carbons (Fsp3) is 0.312. The maximum atomic E-state index is 14.1. The second-order valence-corrected chi connectivity index (χ2v) is 5.78. The first-order valence-corrected chi connectivity index (χ1v) is 7.34. The number of hydrogen-bond acceptors (Lipinski definition) is 4. The van der Waals surface area contributed by atoms with Crippen LogP contribution in [0.3, 0.4) is 0 Å². The van der Waals surface area contributed by atoms with Crippen molar-refractivity contribution < 1.29 is 18.7 Å². The second kappa shape index (κ2) is 6.03. The predicted molar refractivity (Wildman–Crippen MR) is 81.9 cm³/mol. The normalized spacial score (nSPS) is 20.4. The van der Waals surface area contributed by atoms with Crippen LogP contribution in [0.1, 0.15) is 11.5 Å². The molecule has 0 aliphatic carbocycles. The molecule has 24 heavy (non-hydrogen) atoms. The van der Waals surface area contributed by atoms with E-state index in [1.165, 1.54) is 25.2 Å². The number of anilines is 1. The van der Waals surface area contributed by atoms with Gasteiger partial charge in [0.25, 0.3) is 5.56 Å². The number of aliphatic carboxylic acids is 1. The first-order chi connectivity index (χ1) is 11.4. The molecule has 8 heteroatoms. The highest BCUT2D eigenvalue weighted by Gasteiger charge is 2.40. The lowest BCUT2D eigenvalue weighted by Crippen LogP contribution is -2.27. The Morgan fingerprint density at radius 1 is 1.25 bits per heavy atom. The topological polar surface area (TPSA) is 75.4 Å². The highest BCUT2D eigenvalue weighted by Crippen LogP contribution is 2.36. The quantitative estimate of drug-likeness (QED) is 0.917. The fourth-order valence-corrected chi connectivity index (χ4v) is 3.02. The largest absolute Gasteiger partial charge is 0.481 e. The van der Waals surface area contributed by atoms with E-state index in [0.29, 0.717) is 5.82 Å². The Kier molecular flexibility index (Phi) is 4.04. The first kappa shape index (κ1) is 16.1. The van der Waals surface area contributed by atoms with E-state index in [1.54, 1.807) is 4.90 Å². The van der Waals surface area contributed by atoms with Crippen molar-refractivity contribution in [1.29, 1.82) is 0 Å². The molecule has 1 aromatic heterocycles. The number of hydrogen-bond donors (Lipinski definition) is 1. The lowest BCUT2D eigenvalue weighted by Gasteiger charge is -2.17. The van der Waals surface area contributed by atoms with E-state index in [1.807, 2.05) is 0 Å². The average molecular weight is 335 g/mol. The smallest absolute Gasteiger partial charge is 0.308 e. The number of aryl methyl sites for hydroxylation is 1. The molecular weight excluding hydrogens is 320 g/mol. The predicted octanol–water partition coefficient (Wildman–Crippen LogP) is 1.36. The number of carboxylic acid groups (broad SMARTS) is 1. The molecule has 0 unspecified atom stereocenters. The van der Waals surface area contributed by atoms with E-state index >= 15 is 0 Å². The fourth-order valence-electron chi connectivity index (χ4n) is 3.02. The molecule has 2 heterocycles. The highest BCUT2D eigenvalue weighted by atomic mass is 19.1. The van der Waals surface area contributed by atoms with E-state index in [9.17, 15) is 23.5 Å². The molecule has 126 valence electrons. The van der Waals surface area contributed by atoms with Gasteiger partial charge in [-0.2, -0.15) is 5.10 Å². The maximum absolute atomic E-state index is 14.1. The summed E-state index contributed by atoms with van der Waals surface area (Å²) < 4.78 is 28.3. The van der Waals surface area contributed by atoms with E-state index in [2.05, 4.69) is 5.10 Å². The number of carboxylic acids is 1. The number of nitrogens with zero attached hydrogens (tertiary/aromatic N) is 3. The van der Waals surface area contributed by atoms with Crippen molar-refractivity contribution in [3.63, 3.8) is 0 Å². The molecule has 0 spiro atoms. The third-order valence-corrected chi connectivity index (χ3v) is 4.27. The van der Waals surface area contributed by atoms with Crippen LogP contribution in [0, 0.1) is 17.6 Å². The number of aromatic nitrogens is 2. The van der Waals surface area contributed by atoms with Gasteiger partial charge >= 0.3 is 5.97 Å². The van der Waals surface area contributed by atoms with Gasteiger partial charge in [0.15, 0.2) is 0 Å². The van der Waals surface area contributed by atoms with Gasteiger partial charge in [-0.3, -0.25) is 9.59 Å². The molecule has 2 aromatic rings. The van der Waals surface area contributed by atoms with Crippen molar-refractivity contribution in [2.45, 2.75) is 5.92 Å². The summed E-state index contributed by atoms with van der Waals surface area (Å²) in [6, 6.07) is 5.99. The minimum atomic E-state index is -1.06. The molecule has 0 saturated carbocycles. The molecule has 6 nitrogen and oxygen atoms in total. The van der Waals surface area contributed by atoms with Gasteiger partial charge in [-0.25, -0.2) is 13.5 Å². The van der Waals surface area contributed by atoms with Crippen LogP contribution < -0.4 is 10.5 Å². The summed E-state index contributed by atoms with van der Waals surface area (Å²) in [6.07, 6.45) is 0. The van der Waals surface area contributed by atoms with Gasteiger partial charge in [-0.15, -0.1) is 0 Å². The van der Waals surface area contributed by atoms with Crippen molar-refractivity contribution in [1.82, 2.24) is 9.78 Å². The third kappa shape index (κ3) is 2.86. The van der Waals surface area contributed by atoms with Crippen molar-refractivity contribution in [2.75, 3.05) is 18.0 Å². The molecule has 1 fully saturated rings. The van der Waals surface area contributed by atoms with E-state index in [-0.39, 0.29) is 24.2 Å². The summed E-state index contributed by atoms with van der Waals surface area (Å²) in [7, 11) is 1.49. The van der Waals surface area contributed by atoms with Crippen LogP contribution in [0.2, 0.25) is 0 Å². The number of rotatable bonds is 3. The molecule has 1 aliphatic rings. The van der Waals surface area contributed by atoms with Crippen molar-refractivity contribution in [3.8, 4) is 0 Å². The monoisotopic (exact) mass is 335 g/mol. The minimum Gasteiger partial charge on any atom is -0.481 e. The van der Waals surface area contributed by atoms with Crippen molar-refractivity contribution in [3.05, 3.63) is 57.9 Å². The highest BCUT2D eigenvalue weighted by molar-refractivity contribution is 5.73. The molecular formula is C16H15F2N3O3. The summed E-state index contributed by atoms with van der Waals surface area (Å²) in [6.45, 7) is 0.340. The zero-order chi connectivity index (χ0) is 17.4. The van der Waals surface area contributed by atoms with Gasteiger partial charge in [0.2, 0.25) is 0 Å². The van der Waals surface area contributed by atoms with Crippen LogP contribution in [-0.2, 0) is 11.8 Å². The summed E-state index contributed by atoms with van der Waals surface area (Å²) >= 11 is 0. The summed E-state index contributed by atoms with van der Waals surface area (Å²) in [5, 5.41) is 13.6. The van der Waals surface area contributed by atoms with Gasteiger partial charge < -0.3 is 10.0 Å². The number of halogens is 2. The van der Waals surface area contributed by atoms with Crippen LogP contribution >= 0.6 is 0 Å². The van der Waals surface area contributed by atoms with Crippen LogP contribution in [-0.4, -0.2) is 33.9 Å². The van der Waals surface area contributed by atoms with E-state index in [0.717, 1.165) is 16.8 Å².